The summed E-state index contributed by atoms with van der Waals surface area (Å²) < 4.78 is 5.93. The predicted molar refractivity (Wildman–Crippen MR) is 121 cm³/mol. The number of benzene rings is 3. The molecule has 0 saturated carbocycles. The van der Waals surface area contributed by atoms with Gasteiger partial charge < -0.3 is 15.2 Å². The molecule has 3 aromatic rings. The highest BCUT2D eigenvalue weighted by atomic mass is 35.5. The molecule has 0 aliphatic carbocycles. The largest absolute Gasteiger partial charge is 0.513 e. The maximum absolute atomic E-state index is 12.3. The van der Waals surface area contributed by atoms with Gasteiger partial charge in [-0.1, -0.05) is 42.4 Å². The second-order valence-electron chi connectivity index (χ2n) is 7.10. The van der Waals surface area contributed by atoms with E-state index in [-0.39, 0.29) is 11.7 Å². The molecule has 0 atom stereocenters. The SMILES string of the molecule is C=C(O)Cc1ccc(Oc2ccc(C(=O)NCCc3ccc(Cl)cc3)cc2)c(C)c1. The number of halogens is 1. The minimum atomic E-state index is -0.125. The van der Waals surface area contributed by atoms with E-state index < -0.39 is 0 Å². The first-order valence-corrected chi connectivity index (χ1v) is 10.1. The van der Waals surface area contributed by atoms with Gasteiger partial charge in [-0.2, -0.15) is 0 Å². The van der Waals surface area contributed by atoms with E-state index in [4.69, 9.17) is 16.3 Å². The van der Waals surface area contributed by atoms with Crippen LogP contribution in [0, 0.1) is 6.92 Å². The summed E-state index contributed by atoms with van der Waals surface area (Å²) in [5, 5.41) is 13.0. The highest BCUT2D eigenvalue weighted by Crippen LogP contribution is 2.26. The van der Waals surface area contributed by atoms with Gasteiger partial charge in [0.25, 0.3) is 5.91 Å². The van der Waals surface area contributed by atoms with Crippen LogP contribution >= 0.6 is 11.6 Å². The van der Waals surface area contributed by atoms with Gasteiger partial charge in [-0.15, -0.1) is 0 Å². The van der Waals surface area contributed by atoms with Gasteiger partial charge in [0.15, 0.2) is 0 Å². The van der Waals surface area contributed by atoms with Gasteiger partial charge in [0.1, 0.15) is 11.5 Å². The number of ether oxygens (including phenoxy) is 1. The standard InChI is InChI=1S/C25H24ClNO3/c1-17-15-20(16-18(2)28)5-12-24(17)30-23-10-6-21(7-11-23)25(29)27-14-13-19-3-8-22(26)9-4-19/h3-12,15,28H,2,13-14,16H2,1H3,(H,27,29). The van der Waals surface area contributed by atoms with Crippen molar-refractivity contribution in [2.75, 3.05) is 6.54 Å². The van der Waals surface area contributed by atoms with Crippen molar-refractivity contribution in [3.63, 3.8) is 0 Å². The lowest BCUT2D eigenvalue weighted by Crippen LogP contribution is -2.25. The Balaban J connectivity index is 1.54. The van der Waals surface area contributed by atoms with Crippen LogP contribution in [-0.4, -0.2) is 17.6 Å². The van der Waals surface area contributed by atoms with Crippen LogP contribution in [0.3, 0.4) is 0 Å². The number of hydrogen-bond donors (Lipinski definition) is 2. The van der Waals surface area contributed by atoms with Crippen LogP contribution in [-0.2, 0) is 12.8 Å². The topological polar surface area (TPSA) is 58.6 Å². The van der Waals surface area contributed by atoms with Crippen molar-refractivity contribution in [1.82, 2.24) is 5.32 Å². The van der Waals surface area contributed by atoms with Crippen LogP contribution in [0.25, 0.3) is 0 Å². The first-order valence-electron chi connectivity index (χ1n) is 9.67. The zero-order valence-corrected chi connectivity index (χ0v) is 17.6. The van der Waals surface area contributed by atoms with Crippen molar-refractivity contribution >= 4 is 17.5 Å². The predicted octanol–water partition coefficient (Wildman–Crippen LogP) is 6.03. The smallest absolute Gasteiger partial charge is 0.251 e. The number of amides is 1. The molecule has 0 radical (unpaired) electrons. The second-order valence-corrected chi connectivity index (χ2v) is 7.54. The molecule has 5 heteroatoms. The van der Waals surface area contributed by atoms with Crippen LogP contribution in [0.15, 0.2) is 79.1 Å². The molecular formula is C25H24ClNO3. The Morgan fingerprint density at radius 3 is 2.33 bits per heavy atom. The lowest BCUT2D eigenvalue weighted by molar-refractivity contribution is 0.0954. The maximum Gasteiger partial charge on any atom is 0.251 e. The zero-order chi connectivity index (χ0) is 21.5. The molecule has 154 valence electrons. The van der Waals surface area contributed by atoms with Crippen molar-refractivity contribution in [3.8, 4) is 11.5 Å². The van der Waals surface area contributed by atoms with Crippen molar-refractivity contribution in [3.05, 3.63) is 106 Å². The molecule has 30 heavy (non-hydrogen) atoms. The summed E-state index contributed by atoms with van der Waals surface area (Å²) in [4.78, 5) is 12.3. The van der Waals surface area contributed by atoms with E-state index in [0.29, 0.717) is 29.3 Å². The number of aliphatic hydroxyl groups is 1. The van der Waals surface area contributed by atoms with Gasteiger partial charge in [0.2, 0.25) is 0 Å². The number of rotatable bonds is 8. The minimum Gasteiger partial charge on any atom is -0.513 e. The van der Waals surface area contributed by atoms with E-state index in [2.05, 4.69) is 11.9 Å². The molecule has 0 fully saturated rings. The molecule has 0 aliphatic rings. The van der Waals surface area contributed by atoms with Crippen LogP contribution in [0.2, 0.25) is 5.02 Å². The maximum atomic E-state index is 12.3. The summed E-state index contributed by atoms with van der Waals surface area (Å²) in [6.07, 6.45) is 1.16. The minimum absolute atomic E-state index is 0.125. The van der Waals surface area contributed by atoms with Crippen molar-refractivity contribution in [2.24, 2.45) is 0 Å². The van der Waals surface area contributed by atoms with Gasteiger partial charge in [-0.3, -0.25) is 4.79 Å². The van der Waals surface area contributed by atoms with Crippen LogP contribution in [0.4, 0.5) is 0 Å². The highest BCUT2D eigenvalue weighted by Gasteiger charge is 2.07. The average molecular weight is 422 g/mol. The molecule has 0 saturated heterocycles. The van der Waals surface area contributed by atoms with Gasteiger partial charge in [0, 0.05) is 23.6 Å². The van der Waals surface area contributed by atoms with E-state index in [0.717, 1.165) is 28.9 Å². The van der Waals surface area contributed by atoms with Crippen molar-refractivity contribution in [1.29, 1.82) is 0 Å². The fourth-order valence-electron chi connectivity index (χ4n) is 3.05. The van der Waals surface area contributed by atoms with Gasteiger partial charge in [-0.05, 0) is 72.5 Å². The number of allylic oxidation sites excluding steroid dienone is 1. The third-order valence-corrected chi connectivity index (χ3v) is 4.86. The zero-order valence-electron chi connectivity index (χ0n) is 16.8. The highest BCUT2D eigenvalue weighted by molar-refractivity contribution is 6.30. The Morgan fingerprint density at radius 2 is 1.70 bits per heavy atom. The lowest BCUT2D eigenvalue weighted by Gasteiger charge is -2.11. The summed E-state index contributed by atoms with van der Waals surface area (Å²) in [6.45, 7) is 6.01. The Kier molecular flexibility index (Phi) is 7.15. The normalized spacial score (nSPS) is 10.5. The molecular weight excluding hydrogens is 398 g/mol. The molecule has 0 bridgehead atoms. The molecule has 0 unspecified atom stereocenters. The number of aliphatic hydroxyl groups excluding tert-OH is 1. The van der Waals surface area contributed by atoms with Crippen molar-refractivity contribution in [2.45, 2.75) is 19.8 Å². The molecule has 0 aromatic heterocycles. The summed E-state index contributed by atoms with van der Waals surface area (Å²) >= 11 is 5.88. The van der Waals surface area contributed by atoms with Gasteiger partial charge in [0.05, 0.1) is 5.76 Å². The lowest BCUT2D eigenvalue weighted by atomic mass is 10.1. The number of hydrogen-bond acceptors (Lipinski definition) is 3. The molecule has 3 aromatic carbocycles. The summed E-state index contributed by atoms with van der Waals surface area (Å²) in [6, 6.07) is 20.3. The molecule has 1 amide bonds. The van der Waals surface area contributed by atoms with Crippen molar-refractivity contribution < 1.29 is 14.6 Å². The van der Waals surface area contributed by atoms with Crippen LogP contribution in [0.5, 0.6) is 11.5 Å². The molecule has 3 rings (SSSR count). The number of aryl methyl sites for hydroxylation is 1. The van der Waals surface area contributed by atoms with E-state index >= 15 is 0 Å². The van der Waals surface area contributed by atoms with Crippen LogP contribution in [0.1, 0.15) is 27.0 Å². The summed E-state index contributed by atoms with van der Waals surface area (Å²) in [5.41, 5.74) is 3.62. The summed E-state index contributed by atoms with van der Waals surface area (Å²) in [5.74, 6) is 1.38. The molecule has 0 heterocycles. The first kappa shape index (κ1) is 21.5. The molecule has 4 nitrogen and oxygen atoms in total. The van der Waals surface area contributed by atoms with Crippen LogP contribution < -0.4 is 10.1 Å². The first-order chi connectivity index (χ1) is 14.4. The quantitative estimate of drug-likeness (QED) is 0.437. The third kappa shape index (κ3) is 6.13. The van der Waals surface area contributed by atoms with E-state index in [1.165, 1.54) is 0 Å². The Bertz CT molecular complexity index is 1030. The fraction of sp³-hybridized carbons (Fsp3) is 0.160. The Hall–Kier alpha value is -3.24. The molecule has 2 N–H and O–H groups in total. The molecule has 0 aliphatic heterocycles. The summed E-state index contributed by atoms with van der Waals surface area (Å²) in [7, 11) is 0. The number of carbonyl (C=O) groups is 1. The van der Waals surface area contributed by atoms with E-state index in [9.17, 15) is 9.90 Å². The number of nitrogens with one attached hydrogen (secondary N) is 1. The van der Waals surface area contributed by atoms with E-state index in [1.54, 1.807) is 24.3 Å². The molecule has 0 spiro atoms. The fourth-order valence-corrected chi connectivity index (χ4v) is 3.17. The monoisotopic (exact) mass is 421 g/mol. The Morgan fingerprint density at radius 1 is 1.03 bits per heavy atom. The number of carbonyl (C=O) groups excluding carboxylic acids is 1. The van der Waals surface area contributed by atoms with Gasteiger partial charge in [-0.25, -0.2) is 0 Å². The second kappa shape index (κ2) is 9.99. The Labute approximate surface area is 181 Å². The average Bonchev–Trinajstić information content (AvgIpc) is 2.71. The van der Waals surface area contributed by atoms with E-state index in [1.807, 2.05) is 49.4 Å². The van der Waals surface area contributed by atoms with Gasteiger partial charge >= 0.3 is 0 Å². The third-order valence-electron chi connectivity index (χ3n) is 4.60.